The Bertz CT molecular complexity index is 885. The number of rotatable bonds is 5. The van der Waals surface area contributed by atoms with Crippen LogP contribution in [0.15, 0.2) is 66.9 Å². The number of carbonyl (C=O) groups is 1. The van der Waals surface area contributed by atoms with Gasteiger partial charge >= 0.3 is 0 Å². The van der Waals surface area contributed by atoms with E-state index in [1.807, 2.05) is 30.3 Å². The number of hydrogen-bond donors (Lipinski definition) is 2. The first kappa shape index (κ1) is 16.6. The summed E-state index contributed by atoms with van der Waals surface area (Å²) in [4.78, 5) is 16.2. The molecule has 4 nitrogen and oxygen atoms in total. The Hall–Kier alpha value is -3.28. The monoisotopic (exact) mass is 339 g/mol. The summed E-state index contributed by atoms with van der Waals surface area (Å²) < 4.78 is 26.7. The Morgan fingerprint density at radius 1 is 1.00 bits per heavy atom. The molecule has 0 saturated carbocycles. The zero-order valence-electron chi connectivity index (χ0n) is 13.2. The number of benzene rings is 2. The molecule has 0 saturated heterocycles. The second-order valence-electron chi connectivity index (χ2n) is 5.35. The molecule has 0 aliphatic carbocycles. The van der Waals surface area contributed by atoms with E-state index in [4.69, 9.17) is 0 Å². The lowest BCUT2D eigenvalue weighted by atomic mass is 10.2. The molecule has 0 aliphatic heterocycles. The van der Waals surface area contributed by atoms with E-state index in [1.165, 1.54) is 18.3 Å². The summed E-state index contributed by atoms with van der Waals surface area (Å²) in [5, 5.41) is 5.58. The van der Waals surface area contributed by atoms with Crippen LogP contribution in [0, 0.1) is 11.6 Å². The van der Waals surface area contributed by atoms with Gasteiger partial charge in [0.25, 0.3) is 5.91 Å². The highest BCUT2D eigenvalue weighted by Gasteiger charge is 2.09. The van der Waals surface area contributed by atoms with E-state index in [-0.39, 0.29) is 17.3 Å². The van der Waals surface area contributed by atoms with E-state index in [9.17, 15) is 13.6 Å². The third-order valence-corrected chi connectivity index (χ3v) is 3.50. The molecule has 0 fully saturated rings. The Labute approximate surface area is 143 Å². The van der Waals surface area contributed by atoms with Crippen LogP contribution < -0.4 is 10.6 Å². The van der Waals surface area contributed by atoms with E-state index >= 15 is 0 Å². The second kappa shape index (κ2) is 7.53. The van der Waals surface area contributed by atoms with Gasteiger partial charge in [0, 0.05) is 24.5 Å². The van der Waals surface area contributed by atoms with Crippen LogP contribution >= 0.6 is 0 Å². The van der Waals surface area contributed by atoms with E-state index < -0.39 is 11.6 Å². The minimum absolute atomic E-state index is 0.114. The first-order valence-corrected chi connectivity index (χ1v) is 7.62. The van der Waals surface area contributed by atoms with Crippen molar-refractivity contribution in [3.8, 4) is 0 Å². The molecule has 6 heteroatoms. The number of nitrogens with zero attached hydrogens (tertiary/aromatic N) is 1. The summed E-state index contributed by atoms with van der Waals surface area (Å²) in [6, 6.07) is 15.8. The first-order valence-electron chi connectivity index (χ1n) is 7.62. The van der Waals surface area contributed by atoms with E-state index in [2.05, 4.69) is 15.6 Å². The Morgan fingerprint density at radius 3 is 2.56 bits per heavy atom. The maximum Gasteiger partial charge on any atom is 0.270 e. The lowest BCUT2D eigenvalue weighted by Crippen LogP contribution is -2.23. The summed E-state index contributed by atoms with van der Waals surface area (Å²) in [6.07, 6.45) is 1.45. The van der Waals surface area contributed by atoms with E-state index in [1.54, 1.807) is 6.07 Å². The van der Waals surface area contributed by atoms with Crippen LogP contribution in [0.4, 0.5) is 20.2 Å². The molecular weight excluding hydrogens is 324 g/mol. The second-order valence-corrected chi connectivity index (χ2v) is 5.35. The van der Waals surface area contributed by atoms with Crippen LogP contribution in [0.1, 0.15) is 16.1 Å². The highest BCUT2D eigenvalue weighted by atomic mass is 19.1. The maximum absolute atomic E-state index is 13.7. The van der Waals surface area contributed by atoms with E-state index in [0.717, 1.165) is 17.7 Å². The van der Waals surface area contributed by atoms with Crippen LogP contribution in [0.3, 0.4) is 0 Å². The first-order chi connectivity index (χ1) is 12.1. The van der Waals surface area contributed by atoms with Crippen molar-refractivity contribution >= 4 is 17.3 Å². The molecule has 2 aromatic carbocycles. The Kier molecular flexibility index (Phi) is 4.99. The minimum Gasteiger partial charge on any atom is -0.353 e. The van der Waals surface area contributed by atoms with Crippen LogP contribution in [-0.2, 0) is 6.54 Å². The normalized spacial score (nSPS) is 10.3. The van der Waals surface area contributed by atoms with Crippen LogP contribution in [0.2, 0.25) is 0 Å². The molecular formula is C19H15F2N3O. The van der Waals surface area contributed by atoms with Crippen molar-refractivity contribution in [2.45, 2.75) is 6.54 Å². The van der Waals surface area contributed by atoms with Gasteiger partial charge in [0.2, 0.25) is 0 Å². The number of anilines is 2. The van der Waals surface area contributed by atoms with Gasteiger partial charge in [0.1, 0.15) is 17.3 Å². The van der Waals surface area contributed by atoms with Crippen LogP contribution in [0.5, 0.6) is 0 Å². The van der Waals surface area contributed by atoms with E-state index in [0.29, 0.717) is 12.2 Å². The van der Waals surface area contributed by atoms with Gasteiger partial charge < -0.3 is 10.6 Å². The van der Waals surface area contributed by atoms with Crippen molar-refractivity contribution in [1.29, 1.82) is 0 Å². The quantitative estimate of drug-likeness (QED) is 0.738. The molecule has 2 N–H and O–H groups in total. The van der Waals surface area contributed by atoms with Gasteiger partial charge in [-0.15, -0.1) is 0 Å². The number of hydrogen-bond acceptors (Lipinski definition) is 3. The van der Waals surface area contributed by atoms with Gasteiger partial charge in [0.05, 0.1) is 5.69 Å². The third-order valence-electron chi connectivity index (χ3n) is 3.50. The van der Waals surface area contributed by atoms with Crippen molar-refractivity contribution in [2.24, 2.45) is 0 Å². The predicted octanol–water partition coefficient (Wildman–Crippen LogP) is 4.03. The highest BCUT2D eigenvalue weighted by Crippen LogP contribution is 2.20. The topological polar surface area (TPSA) is 54.0 Å². The summed E-state index contributed by atoms with van der Waals surface area (Å²) in [5.74, 6) is -1.71. The Morgan fingerprint density at radius 2 is 1.80 bits per heavy atom. The SMILES string of the molecule is O=C(NCc1ccccc1)c1cc(Nc2ccc(F)cc2F)ccn1. The fourth-order valence-corrected chi connectivity index (χ4v) is 2.25. The van der Waals surface area contributed by atoms with Crippen LogP contribution in [-0.4, -0.2) is 10.9 Å². The van der Waals surface area contributed by atoms with Gasteiger partial charge in [-0.1, -0.05) is 30.3 Å². The standard InChI is InChI=1S/C19H15F2N3O/c20-14-6-7-17(16(21)10-14)24-15-8-9-22-18(11-15)19(25)23-12-13-4-2-1-3-5-13/h1-11H,12H2,(H,22,24)(H,23,25). The zero-order chi connectivity index (χ0) is 17.6. The number of nitrogens with one attached hydrogen (secondary N) is 2. The van der Waals surface area contributed by atoms with Crippen molar-refractivity contribution in [3.63, 3.8) is 0 Å². The van der Waals surface area contributed by atoms with Gasteiger partial charge in [-0.05, 0) is 29.8 Å². The number of amides is 1. The zero-order valence-corrected chi connectivity index (χ0v) is 13.2. The van der Waals surface area contributed by atoms with Gasteiger partial charge in [0.15, 0.2) is 0 Å². The molecule has 25 heavy (non-hydrogen) atoms. The maximum atomic E-state index is 13.7. The summed E-state index contributed by atoms with van der Waals surface area (Å²) in [5.41, 5.74) is 1.76. The molecule has 1 heterocycles. The molecule has 0 atom stereocenters. The molecule has 0 aliphatic rings. The van der Waals surface area contributed by atoms with Crippen molar-refractivity contribution in [1.82, 2.24) is 10.3 Å². The predicted molar refractivity (Wildman–Crippen MR) is 91.5 cm³/mol. The molecule has 0 radical (unpaired) electrons. The Balaban J connectivity index is 1.69. The summed E-state index contributed by atoms with van der Waals surface area (Å²) >= 11 is 0. The van der Waals surface area contributed by atoms with Crippen molar-refractivity contribution in [2.75, 3.05) is 5.32 Å². The van der Waals surface area contributed by atoms with Crippen LogP contribution in [0.25, 0.3) is 0 Å². The smallest absolute Gasteiger partial charge is 0.270 e. The summed E-state index contributed by atoms with van der Waals surface area (Å²) in [6.45, 7) is 0.381. The molecule has 1 amide bonds. The molecule has 3 aromatic rings. The molecule has 126 valence electrons. The number of aromatic nitrogens is 1. The lowest BCUT2D eigenvalue weighted by Gasteiger charge is -2.09. The van der Waals surface area contributed by atoms with Gasteiger partial charge in [-0.25, -0.2) is 8.78 Å². The third kappa shape index (κ3) is 4.38. The number of halogens is 2. The van der Waals surface area contributed by atoms with Gasteiger partial charge in [-0.2, -0.15) is 0 Å². The molecule has 0 unspecified atom stereocenters. The lowest BCUT2D eigenvalue weighted by molar-refractivity contribution is 0.0946. The molecule has 3 rings (SSSR count). The van der Waals surface area contributed by atoms with Crippen molar-refractivity contribution < 1.29 is 13.6 Å². The number of carbonyl (C=O) groups excluding carboxylic acids is 1. The average molecular weight is 339 g/mol. The average Bonchev–Trinajstić information content (AvgIpc) is 2.63. The summed E-state index contributed by atoms with van der Waals surface area (Å²) in [7, 11) is 0. The minimum atomic E-state index is -0.716. The fourth-order valence-electron chi connectivity index (χ4n) is 2.25. The molecule has 0 bridgehead atoms. The molecule has 1 aromatic heterocycles. The fraction of sp³-hybridized carbons (Fsp3) is 0.0526. The largest absolute Gasteiger partial charge is 0.353 e. The van der Waals surface area contributed by atoms with Gasteiger partial charge in [-0.3, -0.25) is 9.78 Å². The highest BCUT2D eigenvalue weighted by molar-refractivity contribution is 5.93. The number of pyridine rings is 1. The molecule has 0 spiro atoms. The van der Waals surface area contributed by atoms with Crippen molar-refractivity contribution in [3.05, 3.63) is 89.8 Å².